The van der Waals surface area contributed by atoms with E-state index in [0.717, 1.165) is 37.9 Å². The number of likely N-dealkylation sites (tertiary alicyclic amines) is 1. The van der Waals surface area contributed by atoms with Gasteiger partial charge in [-0.25, -0.2) is 0 Å². The predicted molar refractivity (Wildman–Crippen MR) is 113 cm³/mol. The molecule has 160 valence electrons. The molecule has 4 rings (SSSR count). The van der Waals surface area contributed by atoms with Crippen LogP contribution in [0.1, 0.15) is 66.3 Å². The zero-order chi connectivity index (χ0) is 20.9. The number of carbonyl (C=O) groups excluding carboxylic acids is 2. The van der Waals surface area contributed by atoms with Gasteiger partial charge in [0.05, 0.1) is 0 Å². The summed E-state index contributed by atoms with van der Waals surface area (Å²) in [5.41, 5.74) is 7.13. The Morgan fingerprint density at radius 3 is 2.73 bits per heavy atom. The second-order valence-electron chi connectivity index (χ2n) is 8.41. The molecular formula is C23H30N4O3. The summed E-state index contributed by atoms with van der Waals surface area (Å²) < 4.78 is 5.31. The van der Waals surface area contributed by atoms with Crippen LogP contribution in [0.2, 0.25) is 0 Å². The van der Waals surface area contributed by atoms with Crippen molar-refractivity contribution < 1.29 is 14.1 Å². The lowest BCUT2D eigenvalue weighted by molar-refractivity contribution is -0.135. The lowest BCUT2D eigenvalue weighted by Crippen LogP contribution is -2.52. The summed E-state index contributed by atoms with van der Waals surface area (Å²) in [6.07, 6.45) is 5.62. The summed E-state index contributed by atoms with van der Waals surface area (Å²) in [5.74, 6) is 1.19. The van der Waals surface area contributed by atoms with Crippen LogP contribution < -0.4 is 11.1 Å². The Labute approximate surface area is 177 Å². The summed E-state index contributed by atoms with van der Waals surface area (Å²) >= 11 is 0. The average molecular weight is 411 g/mol. The number of nitrogens with two attached hydrogens (primary N) is 1. The molecule has 2 aliphatic rings. The van der Waals surface area contributed by atoms with Gasteiger partial charge in [-0.05, 0) is 50.6 Å². The highest BCUT2D eigenvalue weighted by Crippen LogP contribution is 2.40. The number of rotatable bonds is 8. The monoisotopic (exact) mass is 410 g/mol. The molecule has 2 atom stereocenters. The van der Waals surface area contributed by atoms with Crippen molar-refractivity contribution >= 4 is 11.8 Å². The first-order valence-electron chi connectivity index (χ1n) is 10.9. The number of piperidine rings is 1. The van der Waals surface area contributed by atoms with E-state index in [-0.39, 0.29) is 23.9 Å². The van der Waals surface area contributed by atoms with Gasteiger partial charge in [-0.1, -0.05) is 35.5 Å². The maximum atomic E-state index is 12.7. The Bertz CT molecular complexity index is 862. The maximum Gasteiger partial charge on any atom is 0.273 e. The molecule has 1 saturated heterocycles. The first-order chi connectivity index (χ1) is 14.6. The fourth-order valence-electron chi connectivity index (χ4n) is 4.20. The number of amides is 2. The minimum Gasteiger partial charge on any atom is -0.360 e. The molecule has 30 heavy (non-hydrogen) atoms. The van der Waals surface area contributed by atoms with Gasteiger partial charge in [-0.15, -0.1) is 0 Å². The van der Waals surface area contributed by atoms with Crippen molar-refractivity contribution in [3.63, 3.8) is 0 Å². The van der Waals surface area contributed by atoms with Crippen LogP contribution in [0.3, 0.4) is 0 Å². The second kappa shape index (κ2) is 9.43. The molecule has 1 aliphatic heterocycles. The van der Waals surface area contributed by atoms with Gasteiger partial charge in [0.2, 0.25) is 5.91 Å². The standard InChI is InChI=1S/C23H30N4O3/c24-11-4-7-22(28)27-12-10-18(14-19(27)13-16-5-2-1-3-6-16)25-23(29)20-15-21(30-26-20)17-8-9-17/h1-3,5-6,15,17-19H,4,7-14,24H2,(H,25,29)/t18-,19-/m0/s1. The Morgan fingerprint density at radius 1 is 1.20 bits per heavy atom. The van der Waals surface area contributed by atoms with Gasteiger partial charge in [0.25, 0.3) is 5.91 Å². The minimum atomic E-state index is -0.197. The number of hydrogen-bond acceptors (Lipinski definition) is 5. The molecule has 2 amide bonds. The van der Waals surface area contributed by atoms with E-state index >= 15 is 0 Å². The molecule has 1 aromatic carbocycles. The predicted octanol–water partition coefficient (Wildman–Crippen LogP) is 2.62. The van der Waals surface area contributed by atoms with Crippen molar-refractivity contribution in [1.82, 2.24) is 15.4 Å². The number of nitrogens with one attached hydrogen (secondary N) is 1. The Kier molecular flexibility index (Phi) is 6.47. The zero-order valence-electron chi connectivity index (χ0n) is 17.3. The van der Waals surface area contributed by atoms with Crippen molar-refractivity contribution in [1.29, 1.82) is 0 Å². The summed E-state index contributed by atoms with van der Waals surface area (Å²) in [6, 6.07) is 12.0. The van der Waals surface area contributed by atoms with Crippen molar-refractivity contribution in [2.24, 2.45) is 5.73 Å². The van der Waals surface area contributed by atoms with Crippen LogP contribution in [-0.4, -0.2) is 47.0 Å². The van der Waals surface area contributed by atoms with E-state index in [9.17, 15) is 9.59 Å². The van der Waals surface area contributed by atoms with Crippen molar-refractivity contribution in [3.05, 3.63) is 53.4 Å². The van der Waals surface area contributed by atoms with Gasteiger partial charge < -0.3 is 20.5 Å². The van der Waals surface area contributed by atoms with E-state index in [0.29, 0.717) is 37.5 Å². The Balaban J connectivity index is 1.41. The number of benzene rings is 1. The van der Waals surface area contributed by atoms with E-state index in [1.165, 1.54) is 5.56 Å². The summed E-state index contributed by atoms with van der Waals surface area (Å²) in [5, 5.41) is 7.05. The highest BCUT2D eigenvalue weighted by atomic mass is 16.5. The SMILES string of the molecule is NCCCC(=O)N1CC[C@H](NC(=O)c2cc(C3CC3)on2)C[C@@H]1Cc1ccccc1. The summed E-state index contributed by atoms with van der Waals surface area (Å²) in [6.45, 7) is 1.15. The fourth-order valence-corrected chi connectivity index (χ4v) is 4.20. The van der Waals surface area contributed by atoms with Crippen LogP contribution >= 0.6 is 0 Å². The quantitative estimate of drug-likeness (QED) is 0.697. The summed E-state index contributed by atoms with van der Waals surface area (Å²) in [4.78, 5) is 27.4. The molecule has 2 fully saturated rings. The third-order valence-corrected chi connectivity index (χ3v) is 6.02. The molecule has 1 saturated carbocycles. The maximum absolute atomic E-state index is 12.7. The first kappa shape index (κ1) is 20.6. The molecule has 1 aliphatic carbocycles. The zero-order valence-corrected chi connectivity index (χ0v) is 17.3. The number of nitrogens with zero attached hydrogens (tertiary/aromatic N) is 2. The molecular weight excluding hydrogens is 380 g/mol. The molecule has 1 aromatic heterocycles. The molecule has 0 radical (unpaired) electrons. The Morgan fingerprint density at radius 2 is 2.00 bits per heavy atom. The third-order valence-electron chi connectivity index (χ3n) is 6.02. The molecule has 0 unspecified atom stereocenters. The van der Waals surface area contributed by atoms with Crippen LogP contribution in [-0.2, 0) is 11.2 Å². The van der Waals surface area contributed by atoms with E-state index in [2.05, 4.69) is 22.6 Å². The van der Waals surface area contributed by atoms with E-state index in [1.807, 2.05) is 23.1 Å². The van der Waals surface area contributed by atoms with Crippen LogP contribution in [0, 0.1) is 0 Å². The van der Waals surface area contributed by atoms with Crippen molar-refractivity contribution in [3.8, 4) is 0 Å². The minimum absolute atomic E-state index is 0.00541. The number of hydrogen-bond donors (Lipinski definition) is 2. The van der Waals surface area contributed by atoms with Gasteiger partial charge in [0, 0.05) is 37.0 Å². The molecule has 0 bridgehead atoms. The Hall–Kier alpha value is -2.67. The summed E-state index contributed by atoms with van der Waals surface area (Å²) in [7, 11) is 0. The van der Waals surface area contributed by atoms with Crippen molar-refractivity contribution in [2.45, 2.75) is 62.9 Å². The highest BCUT2D eigenvalue weighted by molar-refractivity contribution is 5.92. The van der Waals surface area contributed by atoms with E-state index in [4.69, 9.17) is 10.3 Å². The van der Waals surface area contributed by atoms with Crippen LogP contribution in [0.4, 0.5) is 0 Å². The molecule has 3 N–H and O–H groups in total. The molecule has 7 heteroatoms. The normalized spacial score (nSPS) is 21.4. The average Bonchev–Trinajstić information content (AvgIpc) is 3.49. The van der Waals surface area contributed by atoms with Gasteiger partial charge in [-0.2, -0.15) is 0 Å². The van der Waals surface area contributed by atoms with Crippen LogP contribution in [0.15, 0.2) is 40.9 Å². The second-order valence-corrected chi connectivity index (χ2v) is 8.41. The highest BCUT2D eigenvalue weighted by Gasteiger charge is 2.33. The number of carbonyl (C=O) groups is 2. The van der Waals surface area contributed by atoms with Gasteiger partial charge in [0.1, 0.15) is 5.76 Å². The van der Waals surface area contributed by atoms with Crippen molar-refractivity contribution in [2.75, 3.05) is 13.1 Å². The largest absolute Gasteiger partial charge is 0.360 e. The molecule has 7 nitrogen and oxygen atoms in total. The fraction of sp³-hybridized carbons (Fsp3) is 0.522. The smallest absolute Gasteiger partial charge is 0.273 e. The van der Waals surface area contributed by atoms with E-state index in [1.54, 1.807) is 6.07 Å². The lowest BCUT2D eigenvalue weighted by atomic mass is 9.91. The molecule has 0 spiro atoms. The number of aromatic nitrogens is 1. The van der Waals surface area contributed by atoms with Crippen LogP contribution in [0.25, 0.3) is 0 Å². The van der Waals surface area contributed by atoms with Gasteiger partial charge >= 0.3 is 0 Å². The van der Waals surface area contributed by atoms with Gasteiger partial charge in [0.15, 0.2) is 5.69 Å². The third kappa shape index (κ3) is 5.08. The topological polar surface area (TPSA) is 101 Å². The lowest BCUT2D eigenvalue weighted by Gasteiger charge is -2.40. The van der Waals surface area contributed by atoms with Crippen LogP contribution in [0.5, 0.6) is 0 Å². The van der Waals surface area contributed by atoms with E-state index < -0.39 is 0 Å². The van der Waals surface area contributed by atoms with Gasteiger partial charge in [-0.3, -0.25) is 9.59 Å². The molecule has 2 aromatic rings. The first-order valence-corrected chi connectivity index (χ1v) is 10.9. The molecule has 2 heterocycles.